The van der Waals surface area contributed by atoms with E-state index in [-0.39, 0.29) is 5.91 Å². The minimum Gasteiger partial charge on any atom is -0.479 e. The molecule has 6 heteroatoms. The topological polar surface area (TPSA) is 64.6 Å². The number of rotatable bonds is 6. The van der Waals surface area contributed by atoms with Gasteiger partial charge >= 0.3 is 5.97 Å². The van der Waals surface area contributed by atoms with Crippen LogP contribution in [0.2, 0.25) is 5.02 Å². The van der Waals surface area contributed by atoms with Crippen molar-refractivity contribution in [3.63, 3.8) is 0 Å². The van der Waals surface area contributed by atoms with Crippen molar-refractivity contribution in [2.75, 3.05) is 5.32 Å². The van der Waals surface area contributed by atoms with E-state index in [4.69, 9.17) is 21.1 Å². The molecule has 0 saturated heterocycles. The SMILES string of the molecule is Cc1ccc(NC(=O)c2ccc(OC(=O)[C@H](C)Oc3ccc(Cl)cc3C)cc2)cc1. The van der Waals surface area contributed by atoms with Gasteiger partial charge in [-0.3, -0.25) is 4.79 Å². The summed E-state index contributed by atoms with van der Waals surface area (Å²) in [4.78, 5) is 24.7. The zero-order valence-corrected chi connectivity index (χ0v) is 17.7. The van der Waals surface area contributed by atoms with Crippen LogP contribution in [0.15, 0.2) is 66.7 Å². The number of carbonyl (C=O) groups excluding carboxylic acids is 2. The van der Waals surface area contributed by atoms with E-state index >= 15 is 0 Å². The molecular formula is C24H22ClNO4. The molecule has 3 aromatic carbocycles. The van der Waals surface area contributed by atoms with Crippen molar-refractivity contribution in [1.29, 1.82) is 0 Å². The molecule has 30 heavy (non-hydrogen) atoms. The summed E-state index contributed by atoms with van der Waals surface area (Å²) in [7, 11) is 0. The van der Waals surface area contributed by atoms with Crippen LogP contribution in [0, 0.1) is 13.8 Å². The number of nitrogens with one attached hydrogen (secondary N) is 1. The lowest BCUT2D eigenvalue weighted by atomic mass is 10.2. The predicted octanol–water partition coefficient (Wildman–Crippen LogP) is 5.58. The van der Waals surface area contributed by atoms with Gasteiger partial charge in [0.1, 0.15) is 11.5 Å². The lowest BCUT2D eigenvalue weighted by Crippen LogP contribution is -2.28. The van der Waals surface area contributed by atoms with Crippen LogP contribution in [0.25, 0.3) is 0 Å². The zero-order valence-electron chi connectivity index (χ0n) is 16.9. The molecular weight excluding hydrogens is 402 g/mol. The van der Waals surface area contributed by atoms with Gasteiger partial charge in [-0.15, -0.1) is 0 Å². The molecule has 0 aliphatic carbocycles. The van der Waals surface area contributed by atoms with Gasteiger partial charge in [0.15, 0.2) is 6.10 Å². The third-order valence-electron chi connectivity index (χ3n) is 4.42. The Hall–Kier alpha value is -3.31. The maximum atomic E-state index is 12.4. The normalized spacial score (nSPS) is 11.5. The second-order valence-electron chi connectivity index (χ2n) is 6.94. The standard InChI is InChI=1S/C24H22ClNO4/c1-15-4-9-20(10-5-15)26-23(27)18-6-11-21(12-7-18)30-24(28)17(3)29-22-13-8-19(25)14-16(22)2/h4-14,17H,1-3H3,(H,26,27)/t17-/m0/s1. The van der Waals surface area contributed by atoms with Gasteiger partial charge in [0.25, 0.3) is 5.91 Å². The molecule has 0 spiro atoms. The average molecular weight is 424 g/mol. The number of hydrogen-bond donors (Lipinski definition) is 1. The highest BCUT2D eigenvalue weighted by Gasteiger charge is 2.18. The van der Waals surface area contributed by atoms with E-state index in [1.165, 1.54) is 0 Å². The number of esters is 1. The monoisotopic (exact) mass is 423 g/mol. The van der Waals surface area contributed by atoms with Crippen LogP contribution in [-0.2, 0) is 4.79 Å². The molecule has 0 aromatic heterocycles. The molecule has 1 atom stereocenters. The number of aryl methyl sites for hydroxylation is 2. The molecule has 5 nitrogen and oxygen atoms in total. The van der Waals surface area contributed by atoms with Crippen molar-refractivity contribution >= 4 is 29.2 Å². The quantitative estimate of drug-likeness (QED) is 0.415. The Kier molecular flexibility index (Phi) is 6.75. The molecule has 0 bridgehead atoms. The minimum absolute atomic E-state index is 0.244. The Morgan fingerprint density at radius 2 is 1.60 bits per heavy atom. The summed E-state index contributed by atoms with van der Waals surface area (Å²) in [6.07, 6.45) is -0.811. The van der Waals surface area contributed by atoms with Crippen molar-refractivity contribution in [3.05, 3.63) is 88.4 Å². The first-order valence-electron chi connectivity index (χ1n) is 9.44. The number of carbonyl (C=O) groups is 2. The molecule has 0 radical (unpaired) electrons. The maximum absolute atomic E-state index is 12.4. The van der Waals surface area contributed by atoms with E-state index in [0.717, 1.165) is 11.1 Å². The molecule has 0 aliphatic rings. The zero-order chi connectivity index (χ0) is 21.7. The Bertz CT molecular complexity index is 1050. The van der Waals surface area contributed by atoms with Gasteiger partial charge in [0.2, 0.25) is 0 Å². The van der Waals surface area contributed by atoms with E-state index in [1.54, 1.807) is 49.4 Å². The van der Waals surface area contributed by atoms with E-state index in [0.29, 0.717) is 27.8 Å². The first-order chi connectivity index (χ1) is 14.3. The van der Waals surface area contributed by atoms with Crippen molar-refractivity contribution in [2.24, 2.45) is 0 Å². The van der Waals surface area contributed by atoms with Gasteiger partial charge in [0.05, 0.1) is 0 Å². The highest BCUT2D eigenvalue weighted by molar-refractivity contribution is 6.30. The Morgan fingerprint density at radius 1 is 0.933 bits per heavy atom. The summed E-state index contributed by atoms with van der Waals surface area (Å²) in [5.41, 5.74) is 3.11. The predicted molar refractivity (Wildman–Crippen MR) is 117 cm³/mol. The van der Waals surface area contributed by atoms with E-state index in [1.807, 2.05) is 38.1 Å². The highest BCUT2D eigenvalue weighted by Crippen LogP contribution is 2.23. The molecule has 3 rings (SSSR count). The summed E-state index contributed by atoms with van der Waals surface area (Å²) in [6.45, 7) is 5.44. The van der Waals surface area contributed by atoms with Crippen LogP contribution in [0.1, 0.15) is 28.4 Å². The van der Waals surface area contributed by atoms with Gasteiger partial charge in [-0.2, -0.15) is 0 Å². The van der Waals surface area contributed by atoms with Crippen LogP contribution >= 0.6 is 11.6 Å². The second-order valence-corrected chi connectivity index (χ2v) is 7.37. The Morgan fingerprint density at radius 3 is 2.23 bits per heavy atom. The molecule has 0 unspecified atom stereocenters. The Labute approximate surface area is 180 Å². The number of anilines is 1. The average Bonchev–Trinajstić information content (AvgIpc) is 2.72. The van der Waals surface area contributed by atoms with Gasteiger partial charge < -0.3 is 14.8 Å². The molecule has 1 amide bonds. The first-order valence-corrected chi connectivity index (χ1v) is 9.82. The van der Waals surface area contributed by atoms with Crippen LogP contribution in [-0.4, -0.2) is 18.0 Å². The number of benzene rings is 3. The minimum atomic E-state index is -0.811. The van der Waals surface area contributed by atoms with Crippen LogP contribution in [0.3, 0.4) is 0 Å². The van der Waals surface area contributed by atoms with Crippen molar-refractivity contribution < 1.29 is 19.1 Å². The number of hydrogen-bond acceptors (Lipinski definition) is 4. The third-order valence-corrected chi connectivity index (χ3v) is 4.65. The second kappa shape index (κ2) is 9.46. The van der Waals surface area contributed by atoms with Crippen molar-refractivity contribution in [1.82, 2.24) is 0 Å². The first kappa shape index (κ1) is 21.4. The molecule has 1 N–H and O–H groups in total. The summed E-state index contributed by atoms with van der Waals surface area (Å²) in [5, 5.41) is 3.42. The fourth-order valence-electron chi connectivity index (χ4n) is 2.70. The molecule has 0 heterocycles. The lowest BCUT2D eigenvalue weighted by Gasteiger charge is -2.15. The molecule has 0 aliphatic heterocycles. The smallest absolute Gasteiger partial charge is 0.352 e. The Balaban J connectivity index is 1.58. The molecule has 3 aromatic rings. The third kappa shape index (κ3) is 5.61. The summed E-state index contributed by atoms with van der Waals surface area (Å²) in [5.74, 6) is 0.106. The van der Waals surface area contributed by atoms with E-state index in [2.05, 4.69) is 5.32 Å². The van der Waals surface area contributed by atoms with Gasteiger partial charge in [-0.1, -0.05) is 29.3 Å². The summed E-state index contributed by atoms with van der Waals surface area (Å²) < 4.78 is 11.0. The van der Waals surface area contributed by atoms with Gasteiger partial charge in [-0.25, -0.2) is 4.79 Å². The van der Waals surface area contributed by atoms with Gasteiger partial charge in [-0.05, 0) is 80.9 Å². The van der Waals surface area contributed by atoms with Crippen LogP contribution in [0.5, 0.6) is 11.5 Å². The molecule has 154 valence electrons. The van der Waals surface area contributed by atoms with E-state index < -0.39 is 12.1 Å². The fraction of sp³-hybridized carbons (Fsp3) is 0.167. The number of ether oxygens (including phenoxy) is 2. The fourth-order valence-corrected chi connectivity index (χ4v) is 2.92. The summed E-state index contributed by atoms with van der Waals surface area (Å²) in [6, 6.07) is 19.0. The van der Waals surface area contributed by atoms with Crippen LogP contribution < -0.4 is 14.8 Å². The summed E-state index contributed by atoms with van der Waals surface area (Å²) >= 11 is 5.93. The highest BCUT2D eigenvalue weighted by atomic mass is 35.5. The number of amides is 1. The van der Waals surface area contributed by atoms with Crippen LogP contribution in [0.4, 0.5) is 5.69 Å². The largest absolute Gasteiger partial charge is 0.479 e. The van der Waals surface area contributed by atoms with Crippen molar-refractivity contribution in [3.8, 4) is 11.5 Å². The van der Waals surface area contributed by atoms with Gasteiger partial charge in [0, 0.05) is 16.3 Å². The molecule has 0 saturated carbocycles. The van der Waals surface area contributed by atoms with Crippen molar-refractivity contribution in [2.45, 2.75) is 26.9 Å². The van der Waals surface area contributed by atoms with E-state index in [9.17, 15) is 9.59 Å². The molecule has 0 fully saturated rings. The lowest BCUT2D eigenvalue weighted by molar-refractivity contribution is -0.141. The number of halogens is 1. The maximum Gasteiger partial charge on any atom is 0.352 e.